The number of hydrogen-bond donors (Lipinski definition) is 1. The van der Waals surface area contributed by atoms with Crippen LogP contribution in [0.2, 0.25) is 0 Å². The minimum Gasteiger partial charge on any atom is -0.497 e. The highest BCUT2D eigenvalue weighted by atomic mass is 32.2. The first kappa shape index (κ1) is 28.6. The van der Waals surface area contributed by atoms with E-state index in [2.05, 4.69) is 5.32 Å². The normalized spacial score (nSPS) is 12.1. The highest BCUT2D eigenvalue weighted by Crippen LogP contribution is 2.28. The molecule has 2 rings (SSSR count). The molecule has 2 aromatic rings. The van der Waals surface area contributed by atoms with E-state index in [1.165, 1.54) is 24.1 Å². The Morgan fingerprint density at radius 2 is 1.81 bits per heavy atom. The van der Waals surface area contributed by atoms with Crippen molar-refractivity contribution in [3.8, 4) is 5.75 Å². The SMILES string of the molecule is COc1cccc(CN(C(=O)CN(c2cc([N+](=O)[O-])ccc2C)S(C)(=O)=O)[C@@H](C)C(=O)NC(C)C)c1. The number of ether oxygens (including phenoxy) is 1. The molecule has 196 valence electrons. The third kappa shape index (κ3) is 7.41. The molecule has 0 aliphatic heterocycles. The van der Waals surface area contributed by atoms with Gasteiger partial charge in [0.2, 0.25) is 21.8 Å². The summed E-state index contributed by atoms with van der Waals surface area (Å²) in [4.78, 5) is 38.3. The molecule has 12 heteroatoms. The van der Waals surface area contributed by atoms with Crippen molar-refractivity contribution in [3.05, 3.63) is 63.7 Å². The summed E-state index contributed by atoms with van der Waals surface area (Å²) in [5, 5.41) is 14.0. The summed E-state index contributed by atoms with van der Waals surface area (Å²) in [5.41, 5.74) is 0.809. The summed E-state index contributed by atoms with van der Waals surface area (Å²) in [6.07, 6.45) is 0.917. The molecule has 0 fully saturated rings. The molecule has 1 atom stereocenters. The van der Waals surface area contributed by atoms with Gasteiger partial charge in [0.25, 0.3) is 5.69 Å². The van der Waals surface area contributed by atoms with E-state index in [4.69, 9.17) is 4.74 Å². The number of sulfonamides is 1. The van der Waals surface area contributed by atoms with Crippen LogP contribution in [0.5, 0.6) is 5.75 Å². The number of nitrogens with one attached hydrogen (secondary N) is 1. The maximum absolute atomic E-state index is 13.6. The number of nitro groups is 1. The molecule has 0 aliphatic carbocycles. The third-order valence-corrected chi connectivity index (χ3v) is 6.56. The zero-order valence-corrected chi connectivity index (χ0v) is 22.0. The Kier molecular flexibility index (Phi) is 9.40. The maximum atomic E-state index is 13.6. The summed E-state index contributed by atoms with van der Waals surface area (Å²) >= 11 is 0. The topological polar surface area (TPSA) is 139 Å². The first-order valence-electron chi connectivity index (χ1n) is 11.2. The van der Waals surface area contributed by atoms with Gasteiger partial charge in [-0.05, 0) is 51.0 Å². The van der Waals surface area contributed by atoms with Crippen LogP contribution in [0, 0.1) is 17.0 Å². The van der Waals surface area contributed by atoms with Gasteiger partial charge in [0.1, 0.15) is 18.3 Å². The number of carbonyl (C=O) groups excluding carboxylic acids is 2. The minimum atomic E-state index is -4.02. The lowest BCUT2D eigenvalue weighted by atomic mass is 10.1. The molecule has 11 nitrogen and oxygen atoms in total. The fourth-order valence-corrected chi connectivity index (χ4v) is 4.43. The fourth-order valence-electron chi connectivity index (χ4n) is 3.53. The van der Waals surface area contributed by atoms with Gasteiger partial charge >= 0.3 is 0 Å². The van der Waals surface area contributed by atoms with Crippen LogP contribution in [0.15, 0.2) is 42.5 Å². The summed E-state index contributed by atoms with van der Waals surface area (Å²) < 4.78 is 31.5. The number of amides is 2. The quantitative estimate of drug-likeness (QED) is 0.355. The number of hydrogen-bond acceptors (Lipinski definition) is 7. The van der Waals surface area contributed by atoms with E-state index in [0.29, 0.717) is 16.9 Å². The van der Waals surface area contributed by atoms with Crippen LogP contribution in [0.3, 0.4) is 0 Å². The van der Waals surface area contributed by atoms with Crippen molar-refractivity contribution in [1.82, 2.24) is 10.2 Å². The van der Waals surface area contributed by atoms with Gasteiger partial charge in [-0.2, -0.15) is 0 Å². The number of aryl methyl sites for hydroxylation is 1. The van der Waals surface area contributed by atoms with Crippen LogP contribution in [-0.2, 0) is 26.2 Å². The van der Waals surface area contributed by atoms with Crippen molar-refractivity contribution in [2.45, 2.75) is 46.3 Å². The van der Waals surface area contributed by atoms with Gasteiger partial charge in [-0.3, -0.25) is 24.0 Å². The van der Waals surface area contributed by atoms with Gasteiger partial charge < -0.3 is 15.0 Å². The number of nitrogens with zero attached hydrogens (tertiary/aromatic N) is 3. The van der Waals surface area contributed by atoms with Gasteiger partial charge in [0, 0.05) is 24.7 Å². The molecule has 0 saturated carbocycles. The molecule has 0 aliphatic rings. The van der Waals surface area contributed by atoms with Gasteiger partial charge in [-0.1, -0.05) is 18.2 Å². The van der Waals surface area contributed by atoms with Crippen molar-refractivity contribution in [2.75, 3.05) is 24.2 Å². The van der Waals surface area contributed by atoms with Crippen LogP contribution in [0.4, 0.5) is 11.4 Å². The van der Waals surface area contributed by atoms with Crippen molar-refractivity contribution >= 4 is 33.2 Å². The number of benzene rings is 2. The van der Waals surface area contributed by atoms with Gasteiger partial charge in [0.05, 0.1) is 24.0 Å². The largest absolute Gasteiger partial charge is 0.497 e. The molecule has 0 bridgehead atoms. The Labute approximate surface area is 211 Å². The van der Waals surface area contributed by atoms with Crippen LogP contribution in [-0.4, -0.2) is 62.0 Å². The van der Waals surface area contributed by atoms with E-state index < -0.39 is 39.3 Å². The second-order valence-electron chi connectivity index (χ2n) is 8.71. The van der Waals surface area contributed by atoms with Crippen LogP contribution in [0.25, 0.3) is 0 Å². The molecule has 0 heterocycles. The van der Waals surface area contributed by atoms with Crippen molar-refractivity contribution in [1.29, 1.82) is 0 Å². The summed E-state index contributed by atoms with van der Waals surface area (Å²) in [5.74, 6) is -0.497. The highest BCUT2D eigenvalue weighted by molar-refractivity contribution is 7.92. The Balaban J connectivity index is 2.49. The van der Waals surface area contributed by atoms with E-state index >= 15 is 0 Å². The van der Waals surface area contributed by atoms with Crippen molar-refractivity contribution < 1.29 is 27.7 Å². The smallest absolute Gasteiger partial charge is 0.271 e. The Bertz CT molecular complexity index is 1230. The van der Waals surface area contributed by atoms with Crippen molar-refractivity contribution in [3.63, 3.8) is 0 Å². The van der Waals surface area contributed by atoms with Gasteiger partial charge in [0.15, 0.2) is 0 Å². The number of anilines is 1. The lowest BCUT2D eigenvalue weighted by molar-refractivity contribution is -0.384. The molecular weight excluding hydrogens is 488 g/mol. The van der Waals surface area contributed by atoms with Gasteiger partial charge in [-0.15, -0.1) is 0 Å². The fraction of sp³-hybridized carbons (Fsp3) is 0.417. The average Bonchev–Trinajstić information content (AvgIpc) is 2.79. The molecule has 0 saturated heterocycles. The second kappa shape index (κ2) is 11.8. The summed E-state index contributed by atoms with van der Waals surface area (Å²) in [7, 11) is -2.51. The van der Waals surface area contributed by atoms with Gasteiger partial charge in [-0.25, -0.2) is 8.42 Å². The molecule has 0 unspecified atom stereocenters. The minimum absolute atomic E-state index is 0.00817. The second-order valence-corrected chi connectivity index (χ2v) is 10.6. The number of methoxy groups -OCH3 is 1. The van der Waals surface area contributed by atoms with E-state index in [9.17, 15) is 28.1 Å². The number of non-ortho nitro benzene ring substituents is 1. The standard InChI is InChI=1S/C24H32N4O7S/c1-16(2)25-24(30)18(4)26(14-19-8-7-9-21(12-19)35-5)23(29)15-27(36(6,33)34)22-13-20(28(31)32)11-10-17(22)3/h7-13,16,18H,14-15H2,1-6H3,(H,25,30)/t18-/m0/s1. The van der Waals surface area contributed by atoms with E-state index in [0.717, 1.165) is 16.6 Å². The monoisotopic (exact) mass is 520 g/mol. The molecular formula is C24H32N4O7S. The van der Waals surface area contributed by atoms with Crippen LogP contribution >= 0.6 is 0 Å². The molecule has 0 spiro atoms. The zero-order chi connectivity index (χ0) is 27.2. The van der Waals surface area contributed by atoms with E-state index in [1.54, 1.807) is 52.0 Å². The predicted octanol–water partition coefficient (Wildman–Crippen LogP) is 2.62. The maximum Gasteiger partial charge on any atom is 0.271 e. The summed E-state index contributed by atoms with van der Waals surface area (Å²) in [6.45, 7) is 6.08. The molecule has 2 aromatic carbocycles. The van der Waals surface area contributed by atoms with Crippen LogP contribution < -0.4 is 14.4 Å². The Hall–Kier alpha value is -3.67. The lowest BCUT2D eigenvalue weighted by Gasteiger charge is -2.32. The Morgan fingerprint density at radius 3 is 2.36 bits per heavy atom. The number of nitro benzene ring substituents is 1. The van der Waals surface area contributed by atoms with Crippen LogP contribution in [0.1, 0.15) is 31.9 Å². The van der Waals surface area contributed by atoms with E-state index in [1.807, 2.05) is 0 Å². The van der Waals surface area contributed by atoms with Crippen molar-refractivity contribution in [2.24, 2.45) is 0 Å². The Morgan fingerprint density at radius 1 is 1.14 bits per heavy atom. The molecule has 0 aromatic heterocycles. The third-order valence-electron chi connectivity index (χ3n) is 5.44. The molecule has 2 amide bonds. The predicted molar refractivity (Wildman–Crippen MR) is 136 cm³/mol. The highest BCUT2D eigenvalue weighted by Gasteiger charge is 2.31. The molecule has 1 N–H and O–H groups in total. The molecule has 0 radical (unpaired) electrons. The number of carbonyl (C=O) groups is 2. The average molecular weight is 521 g/mol. The zero-order valence-electron chi connectivity index (χ0n) is 21.2. The summed E-state index contributed by atoms with van der Waals surface area (Å²) in [6, 6.07) is 9.64. The van der Waals surface area contributed by atoms with E-state index in [-0.39, 0.29) is 24.0 Å². The first-order valence-corrected chi connectivity index (χ1v) is 13.0. The molecule has 36 heavy (non-hydrogen) atoms. The lowest BCUT2D eigenvalue weighted by Crippen LogP contribution is -2.52. The number of rotatable bonds is 11. The first-order chi connectivity index (χ1) is 16.7.